The minimum Gasteiger partial charge on any atom is -0.493 e. The molecule has 1 N–H and O–H groups in total. The zero-order valence-electron chi connectivity index (χ0n) is 17.0. The molecule has 0 bridgehead atoms. The molecule has 3 rings (SSSR count). The number of nitrogens with one attached hydrogen (secondary N) is 1. The molecule has 0 saturated heterocycles. The van der Waals surface area contributed by atoms with Gasteiger partial charge in [-0.25, -0.2) is 4.39 Å². The molecule has 170 valence electrons. The van der Waals surface area contributed by atoms with Crippen LogP contribution in [-0.2, 0) is 6.61 Å². The van der Waals surface area contributed by atoms with Crippen LogP contribution in [0, 0.1) is 26.0 Å². The van der Waals surface area contributed by atoms with Gasteiger partial charge in [0.15, 0.2) is 11.5 Å². The maximum Gasteiger partial charge on any atom is 0.301 e. The first-order chi connectivity index (χ1) is 15.8. The van der Waals surface area contributed by atoms with Crippen molar-refractivity contribution in [3.8, 4) is 11.5 Å². The van der Waals surface area contributed by atoms with Crippen molar-refractivity contribution in [3.05, 3.63) is 96.2 Å². The molecule has 0 unspecified atom stereocenters. The number of nitro groups is 2. The van der Waals surface area contributed by atoms with Crippen LogP contribution in [0.2, 0.25) is 0 Å². The van der Waals surface area contributed by atoms with Gasteiger partial charge in [-0.15, -0.1) is 0 Å². The van der Waals surface area contributed by atoms with Crippen LogP contribution < -0.4 is 14.9 Å². The maximum absolute atomic E-state index is 13.1. The Kier molecular flexibility index (Phi) is 7.51. The molecule has 3 aromatic rings. The molecule has 0 aliphatic heterocycles. The Morgan fingerprint density at radius 3 is 2.45 bits per heavy atom. The summed E-state index contributed by atoms with van der Waals surface area (Å²) in [4.78, 5) is 20.6. The van der Waals surface area contributed by atoms with E-state index in [0.717, 1.165) is 17.7 Å². The fourth-order valence-electron chi connectivity index (χ4n) is 2.75. The number of non-ortho nitro benzene ring substituents is 1. The van der Waals surface area contributed by atoms with Crippen LogP contribution in [-0.4, -0.2) is 23.2 Å². The van der Waals surface area contributed by atoms with E-state index in [-0.39, 0.29) is 18.1 Å². The summed E-state index contributed by atoms with van der Waals surface area (Å²) in [6, 6.07) is 12.4. The summed E-state index contributed by atoms with van der Waals surface area (Å²) in [5, 5.41) is 26.0. The Morgan fingerprint density at radius 2 is 1.82 bits per heavy atom. The zero-order chi connectivity index (χ0) is 24.0. The van der Waals surface area contributed by atoms with Crippen molar-refractivity contribution in [2.24, 2.45) is 5.10 Å². The molecular formula is C21H16BrFN4O6. The van der Waals surface area contributed by atoms with Crippen molar-refractivity contribution in [3.63, 3.8) is 0 Å². The largest absolute Gasteiger partial charge is 0.493 e. The lowest BCUT2D eigenvalue weighted by Crippen LogP contribution is -2.00. The topological polar surface area (TPSA) is 129 Å². The summed E-state index contributed by atoms with van der Waals surface area (Å²) in [6.07, 6.45) is 1.39. The lowest BCUT2D eigenvalue weighted by Gasteiger charge is -2.13. The van der Waals surface area contributed by atoms with E-state index in [1.807, 2.05) is 0 Å². The number of hydrogen-bond donors (Lipinski definition) is 1. The van der Waals surface area contributed by atoms with Crippen LogP contribution in [0.4, 0.5) is 21.5 Å². The van der Waals surface area contributed by atoms with E-state index in [1.54, 1.807) is 24.3 Å². The number of hydrazone groups is 1. The van der Waals surface area contributed by atoms with Crippen LogP contribution in [0.15, 0.2) is 64.2 Å². The molecule has 0 saturated carbocycles. The van der Waals surface area contributed by atoms with Crippen LogP contribution in [0.25, 0.3) is 0 Å². The average Bonchev–Trinajstić information content (AvgIpc) is 2.79. The third-order valence-electron chi connectivity index (χ3n) is 4.34. The number of nitro benzene ring substituents is 2. The highest BCUT2D eigenvalue weighted by atomic mass is 79.9. The Labute approximate surface area is 195 Å². The van der Waals surface area contributed by atoms with Crippen LogP contribution in [0.5, 0.6) is 11.5 Å². The second-order valence-electron chi connectivity index (χ2n) is 6.53. The minimum atomic E-state index is -0.738. The summed E-state index contributed by atoms with van der Waals surface area (Å²) < 4.78 is 24.8. The van der Waals surface area contributed by atoms with Crippen molar-refractivity contribution in [1.82, 2.24) is 0 Å². The first kappa shape index (κ1) is 23.6. The van der Waals surface area contributed by atoms with E-state index < -0.39 is 21.2 Å². The van der Waals surface area contributed by atoms with E-state index >= 15 is 0 Å². The number of ether oxygens (including phenoxy) is 2. The molecule has 10 nitrogen and oxygen atoms in total. The van der Waals surface area contributed by atoms with Crippen LogP contribution in [0.1, 0.15) is 11.1 Å². The van der Waals surface area contributed by atoms with Crippen molar-refractivity contribution in [1.29, 1.82) is 0 Å². The molecule has 0 fully saturated rings. The quantitative estimate of drug-likeness (QED) is 0.227. The number of rotatable bonds is 9. The van der Waals surface area contributed by atoms with Gasteiger partial charge in [0.1, 0.15) is 18.1 Å². The second-order valence-corrected chi connectivity index (χ2v) is 7.39. The van der Waals surface area contributed by atoms with Gasteiger partial charge in [0.2, 0.25) is 0 Å². The zero-order valence-corrected chi connectivity index (χ0v) is 18.6. The lowest BCUT2D eigenvalue weighted by atomic mass is 10.2. The number of benzene rings is 3. The number of hydrogen-bond acceptors (Lipinski definition) is 8. The molecule has 0 spiro atoms. The van der Waals surface area contributed by atoms with Crippen LogP contribution >= 0.6 is 15.9 Å². The van der Waals surface area contributed by atoms with Crippen molar-refractivity contribution in [2.75, 3.05) is 12.5 Å². The highest BCUT2D eigenvalue weighted by Gasteiger charge is 2.19. The molecule has 0 heterocycles. The number of methoxy groups -OCH3 is 1. The molecular weight excluding hydrogens is 503 g/mol. The molecule has 0 aromatic heterocycles. The highest BCUT2D eigenvalue weighted by molar-refractivity contribution is 9.10. The van der Waals surface area contributed by atoms with Gasteiger partial charge in [-0.3, -0.25) is 25.7 Å². The first-order valence-electron chi connectivity index (χ1n) is 9.25. The Bertz CT molecular complexity index is 1220. The molecule has 0 amide bonds. The molecule has 12 heteroatoms. The predicted molar refractivity (Wildman–Crippen MR) is 122 cm³/mol. The Morgan fingerprint density at radius 1 is 1.09 bits per heavy atom. The van der Waals surface area contributed by atoms with Gasteiger partial charge in [-0.1, -0.05) is 12.1 Å². The summed E-state index contributed by atoms with van der Waals surface area (Å²) in [5.74, 6) is 0.487. The predicted octanol–water partition coefficient (Wildman–Crippen LogP) is 5.44. The summed E-state index contributed by atoms with van der Waals surface area (Å²) in [6.45, 7) is 0.189. The Hall–Kier alpha value is -4.06. The van der Waals surface area contributed by atoms with Gasteiger partial charge >= 0.3 is 5.69 Å². The maximum atomic E-state index is 13.1. The molecule has 0 aliphatic carbocycles. The van der Waals surface area contributed by atoms with Gasteiger partial charge in [0.05, 0.1) is 33.7 Å². The molecule has 0 atom stereocenters. The highest BCUT2D eigenvalue weighted by Crippen LogP contribution is 2.37. The van der Waals surface area contributed by atoms with E-state index in [2.05, 4.69) is 26.5 Å². The summed E-state index contributed by atoms with van der Waals surface area (Å²) in [5.41, 5.74) is 2.97. The second kappa shape index (κ2) is 10.5. The summed E-state index contributed by atoms with van der Waals surface area (Å²) >= 11 is 3.41. The molecule has 33 heavy (non-hydrogen) atoms. The van der Waals surface area contributed by atoms with E-state index in [9.17, 15) is 24.6 Å². The molecule has 0 aliphatic rings. The SMILES string of the molecule is COc1cc(/C=N/Nc2ccc([N+](=O)[O-])cc2[N+](=O)[O-])cc(Br)c1OCc1ccc(F)cc1. The van der Waals surface area contributed by atoms with Crippen molar-refractivity contribution in [2.45, 2.75) is 6.61 Å². The number of anilines is 1. The van der Waals surface area contributed by atoms with Crippen molar-refractivity contribution >= 4 is 39.2 Å². The van der Waals surface area contributed by atoms with Gasteiger partial charge in [0, 0.05) is 6.07 Å². The third kappa shape index (κ3) is 6.01. The van der Waals surface area contributed by atoms with E-state index in [0.29, 0.717) is 21.5 Å². The fourth-order valence-corrected chi connectivity index (χ4v) is 3.32. The standard InChI is InChI=1S/C21H16BrFN4O6/c1-32-20-9-14(8-17(22)21(20)33-12-13-2-4-15(23)5-3-13)11-24-25-18-7-6-16(26(28)29)10-19(18)27(30)31/h2-11,25H,12H2,1H3/b24-11+. The van der Waals surface area contributed by atoms with Gasteiger partial charge in [-0.05, 0) is 57.4 Å². The van der Waals surface area contributed by atoms with E-state index in [4.69, 9.17) is 9.47 Å². The average molecular weight is 519 g/mol. The van der Waals surface area contributed by atoms with Gasteiger partial charge in [0.25, 0.3) is 5.69 Å². The molecule has 0 radical (unpaired) electrons. The smallest absolute Gasteiger partial charge is 0.301 e. The van der Waals surface area contributed by atoms with Crippen LogP contribution in [0.3, 0.4) is 0 Å². The summed E-state index contributed by atoms with van der Waals surface area (Å²) in [7, 11) is 1.46. The monoisotopic (exact) mass is 518 g/mol. The van der Waals surface area contributed by atoms with Gasteiger partial charge < -0.3 is 9.47 Å². The molecule has 3 aromatic carbocycles. The lowest BCUT2D eigenvalue weighted by molar-refractivity contribution is -0.393. The number of nitrogens with zero attached hydrogens (tertiary/aromatic N) is 3. The third-order valence-corrected chi connectivity index (χ3v) is 4.92. The number of halogens is 2. The fraction of sp³-hybridized carbons (Fsp3) is 0.0952. The minimum absolute atomic E-state index is 0.00729. The first-order valence-corrected chi connectivity index (χ1v) is 10.0. The normalized spacial score (nSPS) is 10.8. The van der Waals surface area contributed by atoms with Gasteiger partial charge in [-0.2, -0.15) is 5.10 Å². The Balaban J connectivity index is 1.76. The van der Waals surface area contributed by atoms with E-state index in [1.165, 1.54) is 31.5 Å². The van der Waals surface area contributed by atoms with Crippen molar-refractivity contribution < 1.29 is 23.7 Å².